The van der Waals surface area contributed by atoms with Gasteiger partial charge in [-0.05, 0) is 6.92 Å². The number of carbonyl (C=O) groups excluding carboxylic acids is 1. The van der Waals surface area contributed by atoms with Crippen LogP contribution in [0.3, 0.4) is 0 Å². The zero-order valence-corrected chi connectivity index (χ0v) is 12.0. The van der Waals surface area contributed by atoms with E-state index in [0.29, 0.717) is 5.69 Å². The van der Waals surface area contributed by atoms with Gasteiger partial charge < -0.3 is 10.4 Å². The number of rotatable bonds is 6. The third kappa shape index (κ3) is 5.35. The highest BCUT2D eigenvalue weighted by Gasteiger charge is 2.26. The Morgan fingerprint density at radius 3 is 2.58 bits per heavy atom. The monoisotopic (exact) mass is 306 g/mol. The van der Waals surface area contributed by atoms with Crippen LogP contribution in [0.2, 0.25) is 0 Å². The Morgan fingerprint density at radius 2 is 2.16 bits per heavy atom. The molecule has 2 N–H and O–H groups in total. The van der Waals surface area contributed by atoms with Gasteiger partial charge in [-0.15, -0.1) is 11.3 Å². The van der Waals surface area contributed by atoms with Crippen molar-refractivity contribution >= 4 is 33.1 Å². The van der Waals surface area contributed by atoms with Crippen molar-refractivity contribution in [1.29, 1.82) is 0 Å². The van der Waals surface area contributed by atoms with Gasteiger partial charge in [0.25, 0.3) is 0 Å². The largest absolute Gasteiger partial charge is 0.480 e. The number of thiazole rings is 1. The Hall–Kier alpha value is -1.48. The van der Waals surface area contributed by atoms with E-state index in [1.54, 1.807) is 12.3 Å². The van der Waals surface area contributed by atoms with Crippen LogP contribution in [0.5, 0.6) is 0 Å². The summed E-state index contributed by atoms with van der Waals surface area (Å²) in [6.45, 7) is 2.88. The molecule has 9 heteroatoms. The molecule has 1 amide bonds. The third-order valence-corrected chi connectivity index (χ3v) is 4.53. The normalized spacial score (nSPS) is 12.9. The van der Waals surface area contributed by atoms with E-state index in [4.69, 9.17) is 5.11 Å². The van der Waals surface area contributed by atoms with Gasteiger partial charge in [-0.2, -0.15) is 0 Å². The highest BCUT2D eigenvalue weighted by molar-refractivity contribution is 7.90. The Bertz CT molecular complexity index is 578. The lowest BCUT2D eigenvalue weighted by Crippen LogP contribution is -2.44. The summed E-state index contributed by atoms with van der Waals surface area (Å²) in [6, 6.07) is -1.44. The minimum absolute atomic E-state index is 0.333. The summed E-state index contributed by atoms with van der Waals surface area (Å²) in [5.74, 6) is -2.96. The number of aryl methyl sites for hydroxylation is 1. The first-order valence-corrected chi connectivity index (χ1v) is 8.01. The maximum Gasteiger partial charge on any atom is 0.327 e. The number of sulfone groups is 1. The van der Waals surface area contributed by atoms with Crippen LogP contribution in [0.25, 0.3) is 0 Å². The molecule has 0 saturated carbocycles. The lowest BCUT2D eigenvalue weighted by molar-refractivity contribution is -0.140. The fourth-order valence-corrected chi connectivity index (χ4v) is 3.60. The molecule has 0 saturated heterocycles. The minimum atomic E-state index is -3.66. The van der Waals surface area contributed by atoms with Crippen molar-refractivity contribution in [3.05, 3.63) is 16.1 Å². The lowest BCUT2D eigenvalue weighted by atomic mass is 10.3. The number of nitrogens with zero attached hydrogens (tertiary/aromatic N) is 1. The van der Waals surface area contributed by atoms with Gasteiger partial charge in [0.1, 0.15) is 6.04 Å². The van der Waals surface area contributed by atoms with Gasteiger partial charge in [-0.3, -0.25) is 4.79 Å². The van der Waals surface area contributed by atoms with Crippen molar-refractivity contribution in [3.63, 3.8) is 0 Å². The van der Waals surface area contributed by atoms with Gasteiger partial charge in [0.05, 0.1) is 22.2 Å². The van der Waals surface area contributed by atoms with Crippen molar-refractivity contribution in [2.45, 2.75) is 25.6 Å². The van der Waals surface area contributed by atoms with Gasteiger partial charge >= 0.3 is 5.97 Å². The van der Waals surface area contributed by atoms with Gasteiger partial charge in [0.2, 0.25) is 5.91 Å². The number of nitrogens with one attached hydrogen (secondary N) is 1. The summed E-state index contributed by atoms with van der Waals surface area (Å²) in [5, 5.41) is 13.3. The van der Waals surface area contributed by atoms with Gasteiger partial charge in [0.15, 0.2) is 9.84 Å². The zero-order chi connectivity index (χ0) is 14.6. The minimum Gasteiger partial charge on any atom is -0.480 e. The molecule has 7 nitrogen and oxygen atoms in total. The van der Waals surface area contributed by atoms with E-state index in [2.05, 4.69) is 10.3 Å². The summed E-state index contributed by atoms with van der Waals surface area (Å²) in [5.41, 5.74) is 0.384. The molecule has 1 heterocycles. The van der Waals surface area contributed by atoms with Crippen LogP contribution >= 0.6 is 11.3 Å². The highest BCUT2D eigenvalue weighted by atomic mass is 32.2. The average molecular weight is 306 g/mol. The maximum atomic E-state index is 11.9. The van der Waals surface area contributed by atoms with Gasteiger partial charge in [-0.25, -0.2) is 18.2 Å². The van der Waals surface area contributed by atoms with Gasteiger partial charge in [-0.1, -0.05) is 0 Å². The first kappa shape index (κ1) is 15.6. The predicted molar refractivity (Wildman–Crippen MR) is 69.6 cm³/mol. The van der Waals surface area contributed by atoms with Crippen LogP contribution < -0.4 is 5.32 Å². The van der Waals surface area contributed by atoms with Gasteiger partial charge in [0, 0.05) is 12.3 Å². The van der Waals surface area contributed by atoms with Crippen LogP contribution in [-0.4, -0.2) is 42.2 Å². The number of aromatic nitrogens is 1. The Kier molecular flexibility index (Phi) is 5.01. The van der Waals surface area contributed by atoms with Crippen molar-refractivity contribution < 1.29 is 23.1 Å². The maximum absolute atomic E-state index is 11.9. The summed E-state index contributed by atoms with van der Waals surface area (Å²) in [7, 11) is -3.66. The summed E-state index contributed by atoms with van der Waals surface area (Å²) in [4.78, 5) is 25.7. The van der Waals surface area contributed by atoms with Crippen molar-refractivity contribution in [2.75, 3.05) is 5.75 Å². The van der Waals surface area contributed by atoms with E-state index >= 15 is 0 Å². The molecule has 0 aliphatic carbocycles. The second-order valence-electron chi connectivity index (χ2n) is 4.00. The van der Waals surface area contributed by atoms with Crippen LogP contribution in [0.15, 0.2) is 5.38 Å². The second kappa shape index (κ2) is 6.11. The number of hydrogen-bond acceptors (Lipinski definition) is 6. The molecule has 1 aromatic rings. The molecular formula is C10H14N2O5S2. The molecule has 0 aliphatic rings. The molecule has 0 radical (unpaired) electrons. The molecule has 19 heavy (non-hydrogen) atoms. The lowest BCUT2D eigenvalue weighted by Gasteiger charge is -2.12. The molecule has 0 aromatic carbocycles. The smallest absolute Gasteiger partial charge is 0.327 e. The van der Waals surface area contributed by atoms with Crippen LogP contribution in [0.4, 0.5) is 0 Å². The van der Waals surface area contributed by atoms with E-state index in [1.807, 2.05) is 0 Å². The molecule has 0 fully saturated rings. The average Bonchev–Trinajstić information content (AvgIpc) is 2.60. The number of carboxylic acids is 1. The topological polar surface area (TPSA) is 113 Å². The summed E-state index contributed by atoms with van der Waals surface area (Å²) < 4.78 is 23.7. The van der Waals surface area contributed by atoms with Crippen molar-refractivity contribution in [1.82, 2.24) is 10.3 Å². The number of carboxylic acid groups (broad SMARTS) is 1. The van der Waals surface area contributed by atoms with E-state index in [9.17, 15) is 18.0 Å². The molecule has 1 rings (SSSR count). The third-order valence-electron chi connectivity index (χ3n) is 2.13. The second-order valence-corrected chi connectivity index (χ2v) is 7.18. The van der Waals surface area contributed by atoms with Crippen LogP contribution in [0, 0.1) is 6.92 Å². The van der Waals surface area contributed by atoms with Crippen LogP contribution in [0.1, 0.15) is 17.6 Å². The van der Waals surface area contributed by atoms with Crippen molar-refractivity contribution in [3.8, 4) is 0 Å². The Morgan fingerprint density at radius 1 is 1.53 bits per heavy atom. The number of hydrogen-bond donors (Lipinski definition) is 2. The fourth-order valence-electron chi connectivity index (χ4n) is 1.43. The zero-order valence-electron chi connectivity index (χ0n) is 10.4. The molecule has 0 spiro atoms. The SMILES string of the molecule is CC(=O)N[C@@H](CS(=O)(=O)Cc1csc(C)n1)C(=O)O. The molecule has 106 valence electrons. The number of aliphatic carboxylic acids is 1. The molecule has 1 aromatic heterocycles. The van der Waals surface area contributed by atoms with E-state index in [0.717, 1.165) is 11.9 Å². The van der Waals surface area contributed by atoms with E-state index in [-0.39, 0.29) is 5.75 Å². The van der Waals surface area contributed by atoms with Crippen molar-refractivity contribution in [2.24, 2.45) is 0 Å². The Balaban J connectivity index is 2.76. The summed E-state index contributed by atoms with van der Waals surface area (Å²) in [6.07, 6.45) is 0. The van der Waals surface area contributed by atoms with E-state index in [1.165, 1.54) is 11.3 Å². The predicted octanol–water partition coefficient (Wildman–Crippen LogP) is -0.0444. The molecule has 0 unspecified atom stereocenters. The summed E-state index contributed by atoms with van der Waals surface area (Å²) >= 11 is 1.32. The number of carbonyl (C=O) groups is 2. The fraction of sp³-hybridized carbons (Fsp3) is 0.500. The molecule has 0 bridgehead atoms. The highest BCUT2D eigenvalue weighted by Crippen LogP contribution is 2.12. The molecule has 0 aliphatic heterocycles. The molecule has 1 atom stereocenters. The first-order chi connectivity index (χ1) is 8.69. The van der Waals surface area contributed by atoms with E-state index < -0.39 is 33.5 Å². The first-order valence-electron chi connectivity index (χ1n) is 5.31. The quantitative estimate of drug-likeness (QED) is 0.762. The standard InChI is InChI=1S/C10H14N2O5S2/c1-6(13)11-9(10(14)15)5-19(16,17)4-8-3-18-7(2)12-8/h3,9H,4-5H2,1-2H3,(H,11,13)(H,14,15)/t9-/m0/s1. The Labute approximate surface area is 114 Å². The molecular weight excluding hydrogens is 292 g/mol. The van der Waals surface area contributed by atoms with Crippen LogP contribution in [-0.2, 0) is 25.2 Å². The number of amides is 1.